The van der Waals surface area contributed by atoms with Crippen LogP contribution in [0.4, 0.5) is 18.9 Å². The Morgan fingerprint density at radius 1 is 0.870 bits per heavy atom. The molecule has 1 aliphatic heterocycles. The molecular weight excluding hydrogens is 303 g/mol. The fraction of sp³-hybridized carbons (Fsp3) is 0.333. The Hall–Kier alpha value is -2.17. The van der Waals surface area contributed by atoms with Gasteiger partial charge in [-0.05, 0) is 36.4 Å². The number of benzene rings is 2. The molecule has 0 bridgehead atoms. The van der Waals surface area contributed by atoms with Crippen molar-refractivity contribution >= 4 is 5.69 Å². The summed E-state index contributed by atoms with van der Waals surface area (Å²) in [6, 6.07) is 15.1. The second kappa shape index (κ2) is 6.52. The van der Waals surface area contributed by atoms with E-state index >= 15 is 0 Å². The second-order valence-electron chi connectivity index (χ2n) is 5.66. The molecule has 1 saturated heterocycles. The van der Waals surface area contributed by atoms with Gasteiger partial charge in [-0.25, -0.2) is 0 Å². The predicted octanol–water partition coefficient (Wildman–Crippen LogP) is 4.75. The van der Waals surface area contributed by atoms with Crippen LogP contribution in [-0.4, -0.2) is 19.2 Å². The summed E-state index contributed by atoms with van der Waals surface area (Å²) in [6.07, 6.45) is -2.54. The smallest absolute Gasteiger partial charge is 0.416 e. The van der Waals surface area contributed by atoms with Gasteiger partial charge in [0.2, 0.25) is 0 Å². The lowest BCUT2D eigenvalue weighted by Gasteiger charge is -2.33. The van der Waals surface area contributed by atoms with Gasteiger partial charge in [0.05, 0.1) is 5.56 Å². The first kappa shape index (κ1) is 15.7. The molecule has 1 aliphatic rings. The predicted molar refractivity (Wildman–Crippen MR) is 83.7 cm³/mol. The molecule has 0 atom stereocenters. The van der Waals surface area contributed by atoms with Crippen molar-refractivity contribution in [2.45, 2.75) is 25.1 Å². The highest BCUT2D eigenvalue weighted by Crippen LogP contribution is 2.31. The number of anilines is 1. The van der Waals surface area contributed by atoms with Crippen LogP contribution in [0.5, 0.6) is 5.75 Å². The fourth-order valence-electron chi connectivity index (χ4n) is 2.79. The van der Waals surface area contributed by atoms with E-state index in [2.05, 4.69) is 17.0 Å². The molecule has 23 heavy (non-hydrogen) atoms. The Morgan fingerprint density at radius 3 is 2.04 bits per heavy atom. The molecule has 0 aromatic heterocycles. The van der Waals surface area contributed by atoms with E-state index in [1.165, 1.54) is 17.8 Å². The molecule has 5 heteroatoms. The Bertz CT molecular complexity index is 617. The van der Waals surface area contributed by atoms with E-state index < -0.39 is 11.7 Å². The van der Waals surface area contributed by atoms with Gasteiger partial charge in [-0.2, -0.15) is 13.2 Å². The van der Waals surface area contributed by atoms with Gasteiger partial charge in [0.15, 0.2) is 0 Å². The van der Waals surface area contributed by atoms with Crippen molar-refractivity contribution in [2.75, 3.05) is 18.0 Å². The molecule has 0 aliphatic carbocycles. The molecule has 3 rings (SSSR count). The SMILES string of the molecule is FC(F)(F)c1ccc(OC2CCN(c3ccccc3)CC2)cc1. The molecule has 122 valence electrons. The maximum absolute atomic E-state index is 12.5. The minimum atomic E-state index is -4.31. The summed E-state index contributed by atoms with van der Waals surface area (Å²) in [4.78, 5) is 2.30. The lowest BCUT2D eigenvalue weighted by molar-refractivity contribution is -0.137. The number of rotatable bonds is 3. The van der Waals surface area contributed by atoms with Crippen molar-refractivity contribution in [1.29, 1.82) is 0 Å². The Labute approximate surface area is 133 Å². The van der Waals surface area contributed by atoms with Gasteiger partial charge in [-0.1, -0.05) is 18.2 Å². The number of ether oxygens (including phenoxy) is 1. The van der Waals surface area contributed by atoms with E-state index in [1.54, 1.807) is 0 Å². The van der Waals surface area contributed by atoms with Crippen LogP contribution in [0, 0.1) is 0 Å². The maximum Gasteiger partial charge on any atom is 0.416 e. The van der Waals surface area contributed by atoms with E-state index in [0.29, 0.717) is 5.75 Å². The van der Waals surface area contributed by atoms with E-state index in [9.17, 15) is 13.2 Å². The average molecular weight is 321 g/mol. The zero-order chi connectivity index (χ0) is 16.3. The molecule has 0 saturated carbocycles. The molecular formula is C18H18F3NO. The highest BCUT2D eigenvalue weighted by Gasteiger charge is 2.30. The van der Waals surface area contributed by atoms with Crippen molar-refractivity contribution in [1.82, 2.24) is 0 Å². The third-order valence-corrected chi connectivity index (χ3v) is 4.05. The van der Waals surface area contributed by atoms with Gasteiger partial charge in [0.25, 0.3) is 0 Å². The van der Waals surface area contributed by atoms with Gasteiger partial charge in [0, 0.05) is 31.6 Å². The van der Waals surface area contributed by atoms with Crippen LogP contribution in [0.1, 0.15) is 18.4 Å². The molecule has 2 aromatic rings. The zero-order valence-corrected chi connectivity index (χ0v) is 12.6. The lowest BCUT2D eigenvalue weighted by Crippen LogP contribution is -2.38. The first-order chi connectivity index (χ1) is 11.0. The molecule has 0 spiro atoms. The fourth-order valence-corrected chi connectivity index (χ4v) is 2.79. The molecule has 0 N–H and O–H groups in total. The van der Waals surface area contributed by atoms with Gasteiger partial charge >= 0.3 is 6.18 Å². The summed E-state index contributed by atoms with van der Waals surface area (Å²) in [7, 11) is 0. The van der Waals surface area contributed by atoms with Crippen LogP contribution in [0.2, 0.25) is 0 Å². The van der Waals surface area contributed by atoms with Crippen LogP contribution in [0.25, 0.3) is 0 Å². The first-order valence-corrected chi connectivity index (χ1v) is 7.66. The van der Waals surface area contributed by atoms with Crippen LogP contribution < -0.4 is 9.64 Å². The monoisotopic (exact) mass is 321 g/mol. The number of hydrogen-bond acceptors (Lipinski definition) is 2. The van der Waals surface area contributed by atoms with Crippen molar-refractivity contribution in [3.05, 3.63) is 60.2 Å². The van der Waals surface area contributed by atoms with Gasteiger partial charge in [-0.15, -0.1) is 0 Å². The number of alkyl halides is 3. The number of halogens is 3. The third-order valence-electron chi connectivity index (χ3n) is 4.05. The first-order valence-electron chi connectivity index (χ1n) is 7.66. The quantitative estimate of drug-likeness (QED) is 0.808. The van der Waals surface area contributed by atoms with Gasteiger partial charge < -0.3 is 9.64 Å². The summed E-state index contributed by atoms with van der Waals surface area (Å²) in [5.41, 5.74) is 0.546. The molecule has 0 unspecified atom stereocenters. The van der Waals surface area contributed by atoms with Gasteiger partial charge in [-0.3, -0.25) is 0 Å². The highest BCUT2D eigenvalue weighted by atomic mass is 19.4. The van der Waals surface area contributed by atoms with Crippen molar-refractivity contribution < 1.29 is 17.9 Å². The summed E-state index contributed by atoms with van der Waals surface area (Å²) in [5, 5.41) is 0. The number of piperidine rings is 1. The Morgan fingerprint density at radius 2 is 1.48 bits per heavy atom. The molecule has 2 nitrogen and oxygen atoms in total. The largest absolute Gasteiger partial charge is 0.490 e. The third kappa shape index (κ3) is 3.97. The Kier molecular flexibility index (Phi) is 4.46. The van der Waals surface area contributed by atoms with E-state index in [0.717, 1.165) is 38.1 Å². The molecule has 0 amide bonds. The summed E-state index contributed by atoms with van der Waals surface area (Å²) in [6.45, 7) is 1.77. The van der Waals surface area contributed by atoms with Crippen molar-refractivity contribution in [3.63, 3.8) is 0 Å². The Balaban J connectivity index is 1.55. The standard InChI is InChI=1S/C18H18F3NO/c19-18(20,21)14-6-8-16(9-7-14)23-17-10-12-22(13-11-17)15-4-2-1-3-5-15/h1-9,17H,10-13H2. The van der Waals surface area contributed by atoms with Crippen LogP contribution >= 0.6 is 0 Å². The van der Waals surface area contributed by atoms with Crippen molar-refractivity contribution in [3.8, 4) is 5.75 Å². The zero-order valence-electron chi connectivity index (χ0n) is 12.6. The van der Waals surface area contributed by atoms with E-state index in [-0.39, 0.29) is 6.10 Å². The molecule has 2 aromatic carbocycles. The van der Waals surface area contributed by atoms with Crippen molar-refractivity contribution in [2.24, 2.45) is 0 Å². The normalized spacial score (nSPS) is 16.4. The molecule has 0 radical (unpaired) electrons. The lowest BCUT2D eigenvalue weighted by atomic mass is 10.1. The molecule has 1 fully saturated rings. The average Bonchev–Trinajstić information content (AvgIpc) is 2.56. The van der Waals surface area contributed by atoms with Crippen LogP contribution in [0.15, 0.2) is 54.6 Å². The minimum Gasteiger partial charge on any atom is -0.490 e. The summed E-state index contributed by atoms with van der Waals surface area (Å²) in [5.74, 6) is 0.496. The maximum atomic E-state index is 12.5. The topological polar surface area (TPSA) is 12.5 Å². The number of nitrogens with zero attached hydrogens (tertiary/aromatic N) is 1. The summed E-state index contributed by atoms with van der Waals surface area (Å²) < 4.78 is 43.4. The molecule has 1 heterocycles. The van der Waals surface area contributed by atoms with Crippen LogP contribution in [-0.2, 0) is 6.18 Å². The van der Waals surface area contributed by atoms with Gasteiger partial charge in [0.1, 0.15) is 11.9 Å². The van der Waals surface area contributed by atoms with E-state index in [4.69, 9.17) is 4.74 Å². The minimum absolute atomic E-state index is 0.0479. The number of hydrogen-bond donors (Lipinski definition) is 0. The number of para-hydroxylation sites is 1. The summed E-state index contributed by atoms with van der Waals surface area (Å²) >= 11 is 0. The van der Waals surface area contributed by atoms with Crippen LogP contribution in [0.3, 0.4) is 0 Å². The van der Waals surface area contributed by atoms with E-state index in [1.807, 2.05) is 18.2 Å². The highest BCUT2D eigenvalue weighted by molar-refractivity contribution is 5.46. The second-order valence-corrected chi connectivity index (χ2v) is 5.66.